The van der Waals surface area contributed by atoms with Gasteiger partial charge in [-0.3, -0.25) is 4.79 Å². The molecule has 0 saturated carbocycles. The van der Waals surface area contributed by atoms with Gasteiger partial charge in [-0.2, -0.15) is 11.8 Å². The van der Waals surface area contributed by atoms with Crippen LogP contribution in [-0.2, 0) is 4.79 Å². The van der Waals surface area contributed by atoms with Gasteiger partial charge in [0.05, 0.1) is 6.04 Å². The molecule has 0 unspecified atom stereocenters. The Bertz CT molecular complexity index is 200. The minimum atomic E-state index is 0.0488. The summed E-state index contributed by atoms with van der Waals surface area (Å²) in [5.41, 5.74) is 0. The van der Waals surface area contributed by atoms with Gasteiger partial charge in [0.25, 0.3) is 0 Å². The summed E-state index contributed by atoms with van der Waals surface area (Å²) in [6.45, 7) is 6.00. The molecule has 0 bridgehead atoms. The van der Waals surface area contributed by atoms with Gasteiger partial charge in [-0.05, 0) is 39.5 Å². The molecule has 1 heterocycles. The van der Waals surface area contributed by atoms with Crippen LogP contribution in [0.1, 0.15) is 26.7 Å². The van der Waals surface area contributed by atoms with Crippen molar-refractivity contribution in [3.05, 3.63) is 0 Å². The Morgan fingerprint density at radius 1 is 1.64 bits per heavy atom. The lowest BCUT2D eigenvalue weighted by Gasteiger charge is -2.23. The summed E-state index contributed by atoms with van der Waals surface area (Å²) in [6, 6.07) is 0.0488. The van der Waals surface area contributed by atoms with Crippen LogP contribution in [0.15, 0.2) is 0 Å². The maximum absolute atomic E-state index is 11.6. The van der Waals surface area contributed by atoms with E-state index in [-0.39, 0.29) is 16.7 Å². The minimum absolute atomic E-state index is 0.0488. The molecular weight excluding hydrogens is 196 g/mol. The Hall–Kier alpha value is -0.220. The molecule has 0 aromatic carbocycles. The van der Waals surface area contributed by atoms with Gasteiger partial charge in [-0.25, -0.2) is 0 Å². The number of carbonyl (C=O) groups is 1. The van der Waals surface area contributed by atoms with Gasteiger partial charge < -0.3 is 10.6 Å². The van der Waals surface area contributed by atoms with Gasteiger partial charge in [-0.1, -0.05) is 0 Å². The van der Waals surface area contributed by atoms with E-state index in [0.29, 0.717) is 0 Å². The molecule has 0 aromatic rings. The molecule has 2 N–H and O–H groups in total. The summed E-state index contributed by atoms with van der Waals surface area (Å²) in [5.74, 6) is 0.157. The zero-order chi connectivity index (χ0) is 10.6. The van der Waals surface area contributed by atoms with Crippen molar-refractivity contribution >= 4 is 17.7 Å². The fraction of sp³-hybridized carbons (Fsp3) is 0.900. The predicted octanol–water partition coefficient (Wildman–Crippen LogP) is 0.996. The van der Waals surface area contributed by atoms with Crippen molar-refractivity contribution < 1.29 is 4.79 Å². The molecule has 3 nitrogen and oxygen atoms in total. The molecule has 1 fully saturated rings. The zero-order valence-electron chi connectivity index (χ0n) is 9.22. The molecule has 0 aromatic heterocycles. The highest BCUT2D eigenvalue weighted by Crippen LogP contribution is 2.19. The first-order valence-corrected chi connectivity index (χ1v) is 6.34. The first kappa shape index (κ1) is 11.9. The lowest BCUT2D eigenvalue weighted by atomic mass is 10.2. The zero-order valence-corrected chi connectivity index (χ0v) is 10.0. The molecule has 0 aliphatic carbocycles. The topological polar surface area (TPSA) is 41.1 Å². The van der Waals surface area contributed by atoms with Crippen molar-refractivity contribution in [2.45, 2.75) is 37.5 Å². The minimum Gasteiger partial charge on any atom is -0.353 e. The van der Waals surface area contributed by atoms with Crippen molar-refractivity contribution in [3.8, 4) is 0 Å². The van der Waals surface area contributed by atoms with E-state index in [1.54, 1.807) is 11.8 Å². The highest BCUT2D eigenvalue weighted by atomic mass is 32.2. The SMILES string of the molecule is CSC(C)(C)CNC(=O)[C@@H]1CCCN1. The van der Waals surface area contributed by atoms with Crippen LogP contribution in [-0.4, -0.2) is 36.0 Å². The molecule has 4 heteroatoms. The van der Waals surface area contributed by atoms with Crippen LogP contribution < -0.4 is 10.6 Å². The highest BCUT2D eigenvalue weighted by molar-refractivity contribution is 7.99. The first-order valence-electron chi connectivity index (χ1n) is 5.11. The maximum atomic E-state index is 11.6. The first-order chi connectivity index (χ1) is 6.55. The number of carbonyl (C=O) groups excluding carboxylic acids is 1. The third kappa shape index (κ3) is 3.50. The second-order valence-corrected chi connectivity index (χ2v) is 5.84. The molecule has 0 spiro atoms. The Kier molecular flexibility index (Phi) is 4.26. The fourth-order valence-electron chi connectivity index (χ4n) is 1.40. The average molecular weight is 216 g/mol. The van der Waals surface area contributed by atoms with E-state index >= 15 is 0 Å². The Labute approximate surface area is 90.4 Å². The van der Waals surface area contributed by atoms with E-state index in [9.17, 15) is 4.79 Å². The van der Waals surface area contributed by atoms with Crippen LogP contribution in [0.4, 0.5) is 0 Å². The third-order valence-corrected chi connectivity index (χ3v) is 3.87. The molecule has 1 amide bonds. The maximum Gasteiger partial charge on any atom is 0.237 e. The standard InChI is InChI=1S/C10H20N2OS/c1-10(2,14-3)7-12-9(13)8-5-4-6-11-8/h8,11H,4-7H2,1-3H3,(H,12,13)/t8-/m0/s1. The molecule has 0 radical (unpaired) electrons. The normalized spacial score (nSPS) is 22.4. The molecule has 1 atom stereocenters. The van der Waals surface area contributed by atoms with E-state index in [1.165, 1.54) is 0 Å². The number of hydrogen-bond acceptors (Lipinski definition) is 3. The van der Waals surface area contributed by atoms with Gasteiger partial charge in [0, 0.05) is 11.3 Å². The summed E-state index contributed by atoms with van der Waals surface area (Å²) in [7, 11) is 0. The Morgan fingerprint density at radius 3 is 2.86 bits per heavy atom. The van der Waals surface area contributed by atoms with Gasteiger partial charge in [0.2, 0.25) is 5.91 Å². The second-order valence-electron chi connectivity index (χ2n) is 4.33. The Balaban J connectivity index is 2.27. The van der Waals surface area contributed by atoms with Gasteiger partial charge in [-0.15, -0.1) is 0 Å². The Morgan fingerprint density at radius 2 is 2.36 bits per heavy atom. The number of rotatable bonds is 4. The molecule has 14 heavy (non-hydrogen) atoms. The molecule has 82 valence electrons. The predicted molar refractivity (Wildman–Crippen MR) is 61.6 cm³/mol. The van der Waals surface area contributed by atoms with Crippen LogP contribution in [0, 0.1) is 0 Å². The largest absolute Gasteiger partial charge is 0.353 e. The molecular formula is C10H20N2OS. The van der Waals surface area contributed by atoms with Gasteiger partial charge in [0.1, 0.15) is 0 Å². The average Bonchev–Trinajstić information content (AvgIpc) is 2.67. The summed E-state index contributed by atoms with van der Waals surface area (Å²) in [4.78, 5) is 11.6. The van der Waals surface area contributed by atoms with E-state index in [1.807, 2.05) is 0 Å². The smallest absolute Gasteiger partial charge is 0.237 e. The highest BCUT2D eigenvalue weighted by Gasteiger charge is 2.24. The monoisotopic (exact) mass is 216 g/mol. The number of thioether (sulfide) groups is 1. The summed E-state index contributed by atoms with van der Waals surface area (Å²) >= 11 is 1.78. The van der Waals surface area contributed by atoms with Gasteiger partial charge >= 0.3 is 0 Å². The number of hydrogen-bond donors (Lipinski definition) is 2. The van der Waals surface area contributed by atoms with Crippen LogP contribution in [0.25, 0.3) is 0 Å². The summed E-state index contributed by atoms with van der Waals surface area (Å²) < 4.78 is 0.133. The van der Waals surface area contributed by atoms with Crippen molar-refractivity contribution in [1.29, 1.82) is 0 Å². The number of amides is 1. The molecule has 1 aliphatic rings. The fourth-order valence-corrected chi connectivity index (χ4v) is 1.62. The van der Waals surface area contributed by atoms with E-state index in [4.69, 9.17) is 0 Å². The molecule has 1 saturated heterocycles. The van der Waals surface area contributed by atoms with Crippen LogP contribution in [0.5, 0.6) is 0 Å². The lowest BCUT2D eigenvalue weighted by molar-refractivity contribution is -0.122. The van der Waals surface area contributed by atoms with Crippen LogP contribution in [0.2, 0.25) is 0 Å². The van der Waals surface area contributed by atoms with Crippen molar-refractivity contribution in [3.63, 3.8) is 0 Å². The van der Waals surface area contributed by atoms with Crippen LogP contribution in [0.3, 0.4) is 0 Å². The van der Waals surface area contributed by atoms with Gasteiger partial charge in [0.15, 0.2) is 0 Å². The van der Waals surface area contributed by atoms with Crippen molar-refractivity contribution in [1.82, 2.24) is 10.6 Å². The lowest BCUT2D eigenvalue weighted by Crippen LogP contribution is -2.44. The molecule has 1 aliphatic heterocycles. The van der Waals surface area contributed by atoms with E-state index < -0.39 is 0 Å². The third-order valence-electron chi connectivity index (χ3n) is 2.62. The van der Waals surface area contributed by atoms with Crippen molar-refractivity contribution in [2.75, 3.05) is 19.3 Å². The van der Waals surface area contributed by atoms with E-state index in [0.717, 1.165) is 25.9 Å². The molecule has 1 rings (SSSR count). The summed E-state index contributed by atoms with van der Waals surface area (Å²) in [6.07, 6.45) is 4.16. The second kappa shape index (κ2) is 5.03. The quantitative estimate of drug-likeness (QED) is 0.736. The van der Waals surface area contributed by atoms with E-state index in [2.05, 4.69) is 30.7 Å². The van der Waals surface area contributed by atoms with Crippen molar-refractivity contribution in [2.24, 2.45) is 0 Å². The summed E-state index contributed by atoms with van der Waals surface area (Å²) in [5, 5.41) is 6.19. The van der Waals surface area contributed by atoms with Crippen LogP contribution >= 0.6 is 11.8 Å². The number of nitrogens with one attached hydrogen (secondary N) is 2.